The van der Waals surface area contributed by atoms with Crippen LogP contribution in [0.3, 0.4) is 0 Å². The zero-order valence-electron chi connectivity index (χ0n) is 29.2. The molecule has 4 aromatic rings. The van der Waals surface area contributed by atoms with Crippen molar-refractivity contribution in [2.75, 3.05) is 36.0 Å². The molecule has 0 saturated carbocycles. The van der Waals surface area contributed by atoms with E-state index in [4.69, 9.17) is 26.8 Å². The number of amides is 2. The molecule has 2 aliphatic heterocycles. The van der Waals surface area contributed by atoms with Gasteiger partial charge in [0, 0.05) is 55.2 Å². The van der Waals surface area contributed by atoms with E-state index in [1.165, 1.54) is 0 Å². The number of anilines is 3. The summed E-state index contributed by atoms with van der Waals surface area (Å²) in [7, 11) is 0. The summed E-state index contributed by atoms with van der Waals surface area (Å²) in [4.78, 5) is 27.3. The Morgan fingerprint density at radius 2 is 1.46 bits per heavy atom. The number of carbonyl (C=O) groups is 2. The van der Waals surface area contributed by atoms with Gasteiger partial charge in [-0.15, -0.1) is 0 Å². The van der Waals surface area contributed by atoms with Gasteiger partial charge in [-0.05, 0) is 78.8 Å². The first-order valence-electron chi connectivity index (χ1n) is 17.9. The maximum Gasteiger partial charge on any atom is 0.224 e. The zero-order valence-corrected chi connectivity index (χ0v) is 29.9. The van der Waals surface area contributed by atoms with Crippen LogP contribution in [0.25, 0.3) is 0 Å². The van der Waals surface area contributed by atoms with Crippen molar-refractivity contribution >= 4 is 40.5 Å². The van der Waals surface area contributed by atoms with E-state index < -0.39 is 11.9 Å². The van der Waals surface area contributed by atoms with E-state index in [9.17, 15) is 19.8 Å². The Balaban J connectivity index is 1.03. The van der Waals surface area contributed by atoms with Crippen molar-refractivity contribution in [3.05, 3.63) is 124 Å². The maximum absolute atomic E-state index is 12.7. The largest absolute Gasteiger partial charge is 0.397 e. The second-order valence-electron chi connectivity index (χ2n) is 13.7. The smallest absolute Gasteiger partial charge is 0.224 e. The number of nitrogen functional groups attached to an aromatic ring is 1. The first-order chi connectivity index (χ1) is 25.2. The van der Waals surface area contributed by atoms with Gasteiger partial charge in [0.1, 0.15) is 0 Å². The number of ether oxygens (including phenoxy) is 2. The van der Waals surface area contributed by atoms with Gasteiger partial charge in [0.05, 0.1) is 35.8 Å². The van der Waals surface area contributed by atoms with Crippen molar-refractivity contribution in [3.63, 3.8) is 0 Å². The van der Waals surface area contributed by atoms with E-state index >= 15 is 0 Å². The fourth-order valence-electron chi connectivity index (χ4n) is 6.82. The molecule has 11 heteroatoms. The van der Waals surface area contributed by atoms with Crippen LogP contribution in [0.2, 0.25) is 5.02 Å². The van der Waals surface area contributed by atoms with Crippen molar-refractivity contribution in [1.29, 1.82) is 0 Å². The standard InChI is InChI=1S/C41H47ClN4O6/c42-32-17-15-31(16-18-32)41(50)21-23-46(24-22-41)26-34-25-37(29-11-9-28(27-47)10-12-29)52-40(51-34)30-13-19-33(20-14-30)44-38(48)7-3-4-8-39(49)45-36-6-2-1-5-35(36)43/h1-2,5-6,9-20,34,37,40,47,50H,3-4,7-8,21-27,43H2,(H,44,48)(H,45,49)/t34-,37+,40+/m1/s1. The molecule has 6 rings (SSSR count). The van der Waals surface area contributed by atoms with Crippen LogP contribution in [0, 0.1) is 0 Å². The number of nitrogens with zero attached hydrogens (tertiary/aromatic N) is 1. The molecule has 0 radical (unpaired) electrons. The fraction of sp³-hybridized carbons (Fsp3) is 0.366. The molecule has 274 valence electrons. The quantitative estimate of drug-likeness (QED) is 0.0726. The minimum atomic E-state index is -0.886. The summed E-state index contributed by atoms with van der Waals surface area (Å²) in [5.41, 5.74) is 10.3. The number of likely N-dealkylation sites (tertiary alicyclic amines) is 1. The minimum Gasteiger partial charge on any atom is -0.397 e. The van der Waals surface area contributed by atoms with Crippen LogP contribution < -0.4 is 16.4 Å². The van der Waals surface area contributed by atoms with Crippen LogP contribution in [0.4, 0.5) is 17.1 Å². The third-order valence-electron chi connectivity index (χ3n) is 9.90. The van der Waals surface area contributed by atoms with Gasteiger partial charge in [0.25, 0.3) is 0 Å². The van der Waals surface area contributed by atoms with Crippen LogP contribution in [0.1, 0.15) is 79.6 Å². The molecule has 4 aromatic carbocycles. The van der Waals surface area contributed by atoms with Crippen LogP contribution >= 0.6 is 11.6 Å². The number of aliphatic hydroxyl groups is 2. The molecular formula is C41H47ClN4O6. The van der Waals surface area contributed by atoms with Crippen LogP contribution in [-0.4, -0.2) is 52.7 Å². The minimum absolute atomic E-state index is 0.0256. The van der Waals surface area contributed by atoms with E-state index in [-0.39, 0.29) is 30.6 Å². The lowest BCUT2D eigenvalue weighted by Crippen LogP contribution is -2.46. The average Bonchev–Trinajstić information content (AvgIpc) is 3.16. The molecule has 6 N–H and O–H groups in total. The van der Waals surface area contributed by atoms with Gasteiger partial charge in [-0.2, -0.15) is 0 Å². The van der Waals surface area contributed by atoms with Gasteiger partial charge in [0.2, 0.25) is 11.8 Å². The predicted octanol–water partition coefficient (Wildman–Crippen LogP) is 7.08. The Kier molecular flexibility index (Phi) is 12.6. The Labute approximate surface area is 309 Å². The number of rotatable bonds is 13. The Morgan fingerprint density at radius 3 is 2.12 bits per heavy atom. The second kappa shape index (κ2) is 17.5. The third kappa shape index (κ3) is 9.97. The number of hydrogen-bond donors (Lipinski definition) is 5. The highest BCUT2D eigenvalue weighted by molar-refractivity contribution is 6.30. The van der Waals surface area contributed by atoms with E-state index in [1.54, 1.807) is 12.1 Å². The number of nitrogens with two attached hydrogens (primary N) is 1. The molecule has 2 heterocycles. The summed E-state index contributed by atoms with van der Waals surface area (Å²) in [6.07, 6.45) is 2.64. The van der Waals surface area contributed by atoms with Gasteiger partial charge in [-0.25, -0.2) is 0 Å². The fourth-order valence-corrected chi connectivity index (χ4v) is 6.94. The van der Waals surface area contributed by atoms with Gasteiger partial charge in [-0.3, -0.25) is 9.59 Å². The molecule has 2 saturated heterocycles. The lowest BCUT2D eigenvalue weighted by Gasteiger charge is -2.42. The highest BCUT2D eigenvalue weighted by Gasteiger charge is 2.37. The number of benzene rings is 4. The number of aliphatic hydroxyl groups excluding tert-OH is 1. The Morgan fingerprint density at radius 1 is 0.827 bits per heavy atom. The number of carbonyl (C=O) groups excluding carboxylic acids is 2. The van der Waals surface area contributed by atoms with Gasteiger partial charge in [0.15, 0.2) is 6.29 Å². The molecule has 2 fully saturated rings. The predicted molar refractivity (Wildman–Crippen MR) is 202 cm³/mol. The number of halogens is 1. The molecule has 0 aromatic heterocycles. The lowest BCUT2D eigenvalue weighted by atomic mass is 9.84. The lowest BCUT2D eigenvalue weighted by molar-refractivity contribution is -0.253. The summed E-state index contributed by atoms with van der Waals surface area (Å²) < 4.78 is 13.1. The number of unbranched alkanes of at least 4 members (excludes halogenated alkanes) is 1. The maximum atomic E-state index is 12.7. The van der Waals surface area contributed by atoms with Gasteiger partial charge in [-0.1, -0.05) is 72.3 Å². The zero-order chi connectivity index (χ0) is 36.5. The van der Waals surface area contributed by atoms with E-state index in [0.717, 1.165) is 35.3 Å². The van der Waals surface area contributed by atoms with Crippen LogP contribution in [0.5, 0.6) is 0 Å². The van der Waals surface area contributed by atoms with Crippen molar-refractivity contribution in [2.24, 2.45) is 0 Å². The molecule has 3 atom stereocenters. The Bertz CT molecular complexity index is 1780. The van der Waals surface area contributed by atoms with E-state index in [0.29, 0.717) is 73.6 Å². The number of para-hydroxylation sites is 2. The molecule has 10 nitrogen and oxygen atoms in total. The van der Waals surface area contributed by atoms with E-state index in [1.807, 2.05) is 84.9 Å². The molecule has 0 unspecified atom stereocenters. The van der Waals surface area contributed by atoms with Crippen LogP contribution in [-0.2, 0) is 31.3 Å². The van der Waals surface area contributed by atoms with Crippen LogP contribution in [0.15, 0.2) is 97.1 Å². The highest BCUT2D eigenvalue weighted by atomic mass is 35.5. The average molecular weight is 727 g/mol. The summed E-state index contributed by atoms with van der Waals surface area (Å²) >= 11 is 6.08. The molecular weight excluding hydrogens is 680 g/mol. The summed E-state index contributed by atoms with van der Waals surface area (Å²) in [6, 6.07) is 29.9. The second-order valence-corrected chi connectivity index (χ2v) is 14.1. The summed E-state index contributed by atoms with van der Waals surface area (Å²) in [5, 5.41) is 27.4. The molecule has 0 spiro atoms. The number of hydrogen-bond acceptors (Lipinski definition) is 8. The van der Waals surface area contributed by atoms with E-state index in [2.05, 4.69) is 15.5 Å². The SMILES string of the molecule is Nc1ccccc1NC(=O)CCCCC(=O)Nc1ccc([C@H]2O[C@@H](CN3CCC(O)(c4ccc(Cl)cc4)CC3)C[C@@H](c3ccc(CO)cc3)O2)cc1. The van der Waals surface area contributed by atoms with Gasteiger partial charge >= 0.3 is 0 Å². The summed E-state index contributed by atoms with van der Waals surface area (Å²) in [6.45, 7) is 2.12. The normalized spacial score (nSPS) is 20.2. The summed E-state index contributed by atoms with van der Waals surface area (Å²) in [5.74, 6) is -0.258. The van der Waals surface area contributed by atoms with Gasteiger partial charge < -0.3 is 41.0 Å². The molecule has 2 amide bonds. The third-order valence-corrected chi connectivity index (χ3v) is 10.2. The first-order valence-corrected chi connectivity index (χ1v) is 18.3. The van der Waals surface area contributed by atoms with Crippen molar-refractivity contribution in [3.8, 4) is 0 Å². The molecule has 0 bridgehead atoms. The Hall–Kier alpha value is -4.29. The van der Waals surface area contributed by atoms with Crippen molar-refractivity contribution in [2.45, 2.75) is 75.7 Å². The number of piperidine rings is 1. The molecule has 52 heavy (non-hydrogen) atoms. The first kappa shape index (κ1) is 37.5. The molecule has 0 aliphatic carbocycles. The van der Waals surface area contributed by atoms with Crippen molar-refractivity contribution in [1.82, 2.24) is 4.90 Å². The topological polar surface area (TPSA) is 146 Å². The van der Waals surface area contributed by atoms with Crippen molar-refractivity contribution < 1.29 is 29.3 Å². The molecule has 2 aliphatic rings. The highest BCUT2D eigenvalue weighted by Crippen LogP contribution is 2.40. The monoisotopic (exact) mass is 726 g/mol. The number of nitrogens with one attached hydrogen (secondary N) is 2.